The predicted molar refractivity (Wildman–Crippen MR) is 70.0 cm³/mol. The van der Waals surface area contributed by atoms with E-state index in [1.165, 1.54) is 25.7 Å². The Morgan fingerprint density at radius 2 is 1.67 bits per heavy atom. The van der Waals surface area contributed by atoms with E-state index >= 15 is 0 Å². The van der Waals surface area contributed by atoms with Crippen LogP contribution in [0.5, 0.6) is 0 Å². The van der Waals surface area contributed by atoms with Gasteiger partial charge in [-0.3, -0.25) is 0 Å². The molecule has 15 heavy (non-hydrogen) atoms. The minimum Gasteiger partial charge on any atom is -0.366 e. The molecule has 0 atom stereocenters. The number of hydrogen-bond donors (Lipinski definition) is 2. The van der Waals surface area contributed by atoms with Gasteiger partial charge in [-0.15, -0.1) is 0 Å². The second kappa shape index (κ2) is 5.15. The molecule has 3 heteroatoms. The molecule has 0 aliphatic heterocycles. The largest absolute Gasteiger partial charge is 0.366 e. The molecule has 0 saturated heterocycles. The van der Waals surface area contributed by atoms with Crippen molar-refractivity contribution in [2.45, 2.75) is 52.5 Å². The van der Waals surface area contributed by atoms with Crippen molar-refractivity contribution in [3.63, 3.8) is 0 Å². The second-order valence-electron chi connectivity index (χ2n) is 5.64. The van der Waals surface area contributed by atoms with E-state index < -0.39 is 0 Å². The summed E-state index contributed by atoms with van der Waals surface area (Å²) in [5.41, 5.74) is 0.467. The van der Waals surface area contributed by atoms with Crippen molar-refractivity contribution in [3.8, 4) is 0 Å². The van der Waals surface area contributed by atoms with Crippen molar-refractivity contribution in [2.75, 3.05) is 7.05 Å². The third-order valence-electron chi connectivity index (χ3n) is 3.51. The Bertz CT molecular complexity index is 212. The molecule has 2 N–H and O–H groups in total. The molecule has 1 rings (SSSR count). The summed E-state index contributed by atoms with van der Waals surface area (Å²) < 4.78 is 0. The van der Waals surface area contributed by atoms with Crippen LogP contribution in [0.3, 0.4) is 0 Å². The van der Waals surface area contributed by atoms with Gasteiger partial charge in [0.15, 0.2) is 5.11 Å². The molecule has 1 aliphatic rings. The van der Waals surface area contributed by atoms with Gasteiger partial charge in [-0.25, -0.2) is 0 Å². The van der Waals surface area contributed by atoms with Gasteiger partial charge >= 0.3 is 0 Å². The summed E-state index contributed by atoms with van der Waals surface area (Å²) in [4.78, 5) is 0. The summed E-state index contributed by atoms with van der Waals surface area (Å²) in [5.74, 6) is 0.874. The average molecular weight is 228 g/mol. The lowest BCUT2D eigenvalue weighted by atomic mass is 9.71. The van der Waals surface area contributed by atoms with Gasteiger partial charge in [0.05, 0.1) is 0 Å². The maximum atomic E-state index is 5.12. The van der Waals surface area contributed by atoms with E-state index in [1.54, 1.807) is 0 Å². The van der Waals surface area contributed by atoms with E-state index in [0.717, 1.165) is 11.0 Å². The Morgan fingerprint density at radius 3 is 2.07 bits per heavy atom. The molecule has 0 heterocycles. The van der Waals surface area contributed by atoms with E-state index in [9.17, 15) is 0 Å². The highest BCUT2D eigenvalue weighted by Crippen LogP contribution is 2.37. The quantitative estimate of drug-likeness (QED) is 0.675. The van der Waals surface area contributed by atoms with Crippen molar-refractivity contribution >= 4 is 17.3 Å². The normalized spacial score (nSPS) is 27.2. The van der Waals surface area contributed by atoms with Gasteiger partial charge in [0, 0.05) is 13.1 Å². The SMILES string of the molecule is CNC(=S)NC1CCC(C(C)(C)C)CC1. The zero-order chi connectivity index (χ0) is 11.5. The number of rotatable bonds is 1. The van der Waals surface area contributed by atoms with Crippen LogP contribution in [0.2, 0.25) is 0 Å². The molecule has 0 aromatic carbocycles. The van der Waals surface area contributed by atoms with Gasteiger partial charge in [0.25, 0.3) is 0 Å². The first-order chi connectivity index (χ1) is 6.93. The molecular weight excluding hydrogens is 204 g/mol. The van der Waals surface area contributed by atoms with Crippen LogP contribution >= 0.6 is 12.2 Å². The van der Waals surface area contributed by atoms with Crippen molar-refractivity contribution in [1.29, 1.82) is 0 Å². The van der Waals surface area contributed by atoms with Gasteiger partial charge in [-0.2, -0.15) is 0 Å². The Morgan fingerprint density at radius 1 is 1.13 bits per heavy atom. The molecule has 88 valence electrons. The Kier molecular flexibility index (Phi) is 4.38. The molecule has 0 unspecified atom stereocenters. The molecule has 0 amide bonds. The zero-order valence-corrected chi connectivity index (χ0v) is 11.2. The first-order valence-corrected chi connectivity index (χ1v) is 6.32. The smallest absolute Gasteiger partial charge is 0.166 e. The summed E-state index contributed by atoms with van der Waals surface area (Å²) in [7, 11) is 1.87. The Hall–Kier alpha value is -0.310. The summed E-state index contributed by atoms with van der Waals surface area (Å²) in [6.07, 6.45) is 5.16. The van der Waals surface area contributed by atoms with Crippen LogP contribution in [0, 0.1) is 11.3 Å². The van der Waals surface area contributed by atoms with Crippen LogP contribution in [0.15, 0.2) is 0 Å². The minimum absolute atomic E-state index is 0.467. The van der Waals surface area contributed by atoms with E-state index in [2.05, 4.69) is 31.4 Å². The first-order valence-electron chi connectivity index (χ1n) is 5.91. The third-order valence-corrected chi connectivity index (χ3v) is 3.84. The predicted octanol–water partition coefficient (Wildman–Crippen LogP) is 2.69. The van der Waals surface area contributed by atoms with Gasteiger partial charge in [0.2, 0.25) is 0 Å². The molecule has 0 aromatic rings. The Labute approximate surface area is 99.2 Å². The molecule has 1 fully saturated rings. The monoisotopic (exact) mass is 228 g/mol. The summed E-state index contributed by atoms with van der Waals surface area (Å²) in [6, 6.07) is 0.587. The lowest BCUT2D eigenvalue weighted by molar-refractivity contribution is 0.165. The topological polar surface area (TPSA) is 24.1 Å². The van der Waals surface area contributed by atoms with Crippen LogP contribution in [0.4, 0.5) is 0 Å². The fourth-order valence-corrected chi connectivity index (χ4v) is 2.53. The molecule has 0 aromatic heterocycles. The highest BCUT2D eigenvalue weighted by molar-refractivity contribution is 7.80. The molecule has 1 saturated carbocycles. The van der Waals surface area contributed by atoms with Crippen molar-refractivity contribution in [2.24, 2.45) is 11.3 Å². The minimum atomic E-state index is 0.467. The van der Waals surface area contributed by atoms with E-state index in [4.69, 9.17) is 12.2 Å². The van der Waals surface area contributed by atoms with Crippen LogP contribution in [0.25, 0.3) is 0 Å². The summed E-state index contributed by atoms with van der Waals surface area (Å²) in [5, 5.41) is 7.12. The number of hydrogen-bond acceptors (Lipinski definition) is 1. The van der Waals surface area contributed by atoms with Crippen LogP contribution in [0.1, 0.15) is 46.5 Å². The van der Waals surface area contributed by atoms with Gasteiger partial charge < -0.3 is 10.6 Å². The van der Waals surface area contributed by atoms with Crippen molar-refractivity contribution in [1.82, 2.24) is 10.6 Å². The lowest BCUT2D eigenvalue weighted by Crippen LogP contribution is -2.43. The molecule has 0 spiro atoms. The maximum Gasteiger partial charge on any atom is 0.166 e. The van der Waals surface area contributed by atoms with Crippen molar-refractivity contribution in [3.05, 3.63) is 0 Å². The van der Waals surface area contributed by atoms with E-state index in [1.807, 2.05) is 7.05 Å². The maximum absolute atomic E-state index is 5.12. The van der Waals surface area contributed by atoms with Crippen LogP contribution in [-0.2, 0) is 0 Å². The summed E-state index contributed by atoms with van der Waals surface area (Å²) in [6.45, 7) is 7.05. The Balaban J connectivity index is 2.33. The van der Waals surface area contributed by atoms with Crippen molar-refractivity contribution < 1.29 is 0 Å². The summed E-state index contributed by atoms with van der Waals surface area (Å²) >= 11 is 5.12. The molecule has 0 bridgehead atoms. The average Bonchev–Trinajstić information content (AvgIpc) is 2.17. The highest BCUT2D eigenvalue weighted by atomic mass is 32.1. The fourth-order valence-electron chi connectivity index (χ4n) is 2.36. The first kappa shape index (κ1) is 12.8. The van der Waals surface area contributed by atoms with E-state index in [-0.39, 0.29) is 0 Å². The van der Waals surface area contributed by atoms with Gasteiger partial charge in [-0.05, 0) is 49.2 Å². The van der Waals surface area contributed by atoms with Crippen LogP contribution in [-0.4, -0.2) is 18.2 Å². The third kappa shape index (κ3) is 3.98. The highest BCUT2D eigenvalue weighted by Gasteiger charge is 2.29. The second-order valence-corrected chi connectivity index (χ2v) is 6.05. The molecular formula is C12H24N2S. The lowest BCUT2D eigenvalue weighted by Gasteiger charge is -2.37. The fraction of sp³-hybridized carbons (Fsp3) is 0.917. The van der Waals surface area contributed by atoms with Gasteiger partial charge in [0.1, 0.15) is 0 Å². The zero-order valence-electron chi connectivity index (χ0n) is 10.4. The molecule has 1 aliphatic carbocycles. The number of nitrogens with one attached hydrogen (secondary N) is 2. The van der Waals surface area contributed by atoms with Gasteiger partial charge in [-0.1, -0.05) is 20.8 Å². The molecule has 2 nitrogen and oxygen atoms in total. The van der Waals surface area contributed by atoms with Crippen LogP contribution < -0.4 is 10.6 Å². The molecule has 0 radical (unpaired) electrons. The number of thiocarbonyl (C=S) groups is 1. The standard InChI is InChI=1S/C12H24N2S/c1-12(2,3)9-5-7-10(8-6-9)14-11(15)13-4/h9-10H,5-8H2,1-4H3,(H2,13,14,15). The van der Waals surface area contributed by atoms with E-state index in [0.29, 0.717) is 11.5 Å².